The van der Waals surface area contributed by atoms with Crippen molar-refractivity contribution in [1.82, 2.24) is 5.32 Å². The number of benzene rings is 2. The molecule has 0 aromatic heterocycles. The van der Waals surface area contributed by atoms with E-state index in [2.05, 4.69) is 11.4 Å². The largest absolute Gasteiger partial charge is 0.490 e. The highest BCUT2D eigenvalue weighted by Crippen LogP contribution is 2.32. The van der Waals surface area contributed by atoms with Crippen molar-refractivity contribution in [2.45, 2.75) is 25.4 Å². The predicted molar refractivity (Wildman–Crippen MR) is 80.1 cm³/mol. The van der Waals surface area contributed by atoms with Gasteiger partial charge in [0.25, 0.3) is 0 Å². The molecule has 100 valence electrons. The summed E-state index contributed by atoms with van der Waals surface area (Å²) in [5, 5.41) is 6.36. The van der Waals surface area contributed by atoms with Crippen molar-refractivity contribution in [2.75, 3.05) is 13.1 Å². The summed E-state index contributed by atoms with van der Waals surface area (Å²) in [6.07, 6.45) is 3.66. The maximum atomic E-state index is 6.23. The van der Waals surface area contributed by atoms with Crippen molar-refractivity contribution < 1.29 is 4.74 Å². The zero-order chi connectivity index (χ0) is 13.1. The molecule has 0 radical (unpaired) electrons. The van der Waals surface area contributed by atoms with Crippen LogP contribution in [0, 0.1) is 0 Å². The average molecular weight is 276 g/mol. The number of nitrogens with one attached hydrogen (secondary N) is 1. The highest BCUT2D eigenvalue weighted by Gasteiger charge is 2.15. The molecule has 1 fully saturated rings. The Kier molecular flexibility index (Phi) is 3.90. The maximum Gasteiger partial charge on any atom is 0.127 e. The van der Waals surface area contributed by atoms with Crippen LogP contribution in [-0.4, -0.2) is 19.2 Å². The minimum absolute atomic E-state index is 0.305. The molecule has 0 saturated carbocycles. The van der Waals surface area contributed by atoms with E-state index < -0.39 is 0 Å². The Morgan fingerprint density at radius 3 is 2.74 bits per heavy atom. The first-order valence-corrected chi connectivity index (χ1v) is 7.27. The Morgan fingerprint density at radius 2 is 1.84 bits per heavy atom. The minimum atomic E-state index is 0.305. The van der Waals surface area contributed by atoms with Crippen LogP contribution < -0.4 is 10.1 Å². The summed E-state index contributed by atoms with van der Waals surface area (Å²) in [5.74, 6) is 0.951. The van der Waals surface area contributed by atoms with Gasteiger partial charge in [-0.3, -0.25) is 0 Å². The molecule has 19 heavy (non-hydrogen) atoms. The van der Waals surface area contributed by atoms with Gasteiger partial charge in [-0.1, -0.05) is 35.9 Å². The number of hydrogen-bond acceptors (Lipinski definition) is 2. The van der Waals surface area contributed by atoms with E-state index in [9.17, 15) is 0 Å². The van der Waals surface area contributed by atoms with Crippen LogP contribution in [0.25, 0.3) is 10.8 Å². The van der Waals surface area contributed by atoms with Crippen LogP contribution in [0.5, 0.6) is 5.75 Å². The van der Waals surface area contributed by atoms with E-state index in [-0.39, 0.29) is 0 Å². The van der Waals surface area contributed by atoms with E-state index in [4.69, 9.17) is 16.3 Å². The standard InChI is InChI=1S/C16H18ClNO/c17-15-7-8-16(14-6-2-1-5-13(14)15)19-12-4-3-10-18-11-9-12/h1-2,5-8,12,18H,3-4,9-11H2. The Bertz CT molecular complexity index is 562. The van der Waals surface area contributed by atoms with Gasteiger partial charge < -0.3 is 10.1 Å². The molecule has 1 saturated heterocycles. The highest BCUT2D eigenvalue weighted by atomic mass is 35.5. The van der Waals surface area contributed by atoms with E-state index in [1.807, 2.05) is 30.3 Å². The third-order valence-corrected chi connectivity index (χ3v) is 3.98. The number of fused-ring (bicyclic) bond motifs is 1. The number of ether oxygens (including phenoxy) is 1. The van der Waals surface area contributed by atoms with Crippen molar-refractivity contribution in [1.29, 1.82) is 0 Å². The first-order valence-electron chi connectivity index (χ1n) is 6.89. The van der Waals surface area contributed by atoms with Gasteiger partial charge in [0.15, 0.2) is 0 Å². The van der Waals surface area contributed by atoms with Crippen molar-refractivity contribution in [3.05, 3.63) is 41.4 Å². The van der Waals surface area contributed by atoms with Crippen LogP contribution in [0.1, 0.15) is 19.3 Å². The molecule has 3 heteroatoms. The number of halogens is 1. The quantitative estimate of drug-likeness (QED) is 0.894. The van der Waals surface area contributed by atoms with Crippen molar-refractivity contribution >= 4 is 22.4 Å². The third kappa shape index (κ3) is 2.85. The molecule has 0 bridgehead atoms. The summed E-state index contributed by atoms with van der Waals surface area (Å²) in [6.45, 7) is 2.14. The lowest BCUT2D eigenvalue weighted by Crippen LogP contribution is -2.19. The van der Waals surface area contributed by atoms with Gasteiger partial charge in [0.2, 0.25) is 0 Å². The zero-order valence-electron chi connectivity index (χ0n) is 10.9. The molecule has 0 aliphatic carbocycles. The summed E-state index contributed by atoms with van der Waals surface area (Å²) >= 11 is 6.23. The van der Waals surface area contributed by atoms with Gasteiger partial charge in [-0.05, 0) is 44.5 Å². The maximum absolute atomic E-state index is 6.23. The van der Waals surface area contributed by atoms with Crippen LogP contribution in [0.15, 0.2) is 36.4 Å². The summed E-state index contributed by atoms with van der Waals surface area (Å²) in [6, 6.07) is 12.1. The zero-order valence-corrected chi connectivity index (χ0v) is 11.6. The lowest BCUT2D eigenvalue weighted by molar-refractivity contribution is 0.190. The van der Waals surface area contributed by atoms with E-state index in [1.165, 1.54) is 6.42 Å². The van der Waals surface area contributed by atoms with Gasteiger partial charge in [-0.25, -0.2) is 0 Å². The van der Waals surface area contributed by atoms with Gasteiger partial charge in [0.1, 0.15) is 5.75 Å². The first kappa shape index (κ1) is 12.8. The molecule has 1 atom stereocenters. The molecular weight excluding hydrogens is 258 g/mol. The summed E-state index contributed by atoms with van der Waals surface area (Å²) in [4.78, 5) is 0. The SMILES string of the molecule is Clc1ccc(OC2CCCNCC2)c2ccccc12. The number of rotatable bonds is 2. The Balaban J connectivity index is 1.90. The second-order valence-electron chi connectivity index (χ2n) is 5.01. The Hall–Kier alpha value is -1.25. The van der Waals surface area contributed by atoms with Crippen LogP contribution >= 0.6 is 11.6 Å². The highest BCUT2D eigenvalue weighted by molar-refractivity contribution is 6.35. The van der Waals surface area contributed by atoms with E-state index in [0.717, 1.165) is 47.5 Å². The third-order valence-electron chi connectivity index (χ3n) is 3.65. The molecule has 1 aliphatic heterocycles. The minimum Gasteiger partial charge on any atom is -0.490 e. The van der Waals surface area contributed by atoms with E-state index in [0.29, 0.717) is 6.10 Å². The molecule has 2 aromatic rings. The van der Waals surface area contributed by atoms with Gasteiger partial charge in [0, 0.05) is 15.8 Å². The molecule has 0 spiro atoms. The Labute approximate surface area is 118 Å². The molecule has 3 rings (SSSR count). The topological polar surface area (TPSA) is 21.3 Å². The predicted octanol–water partition coefficient (Wildman–Crippen LogP) is 4.01. The first-order chi connectivity index (χ1) is 9.34. The molecule has 0 amide bonds. The summed E-state index contributed by atoms with van der Waals surface area (Å²) in [5.41, 5.74) is 0. The van der Waals surface area contributed by atoms with Crippen LogP contribution in [0.3, 0.4) is 0 Å². The Morgan fingerprint density at radius 1 is 1.00 bits per heavy atom. The summed E-state index contributed by atoms with van der Waals surface area (Å²) < 4.78 is 6.20. The fraction of sp³-hybridized carbons (Fsp3) is 0.375. The monoisotopic (exact) mass is 275 g/mol. The molecule has 2 aromatic carbocycles. The van der Waals surface area contributed by atoms with Crippen molar-refractivity contribution in [3.8, 4) is 5.75 Å². The fourth-order valence-corrected chi connectivity index (χ4v) is 2.85. The molecule has 1 heterocycles. The van der Waals surface area contributed by atoms with E-state index in [1.54, 1.807) is 0 Å². The second kappa shape index (κ2) is 5.81. The fourth-order valence-electron chi connectivity index (χ4n) is 2.62. The molecule has 1 N–H and O–H groups in total. The molecule has 1 unspecified atom stereocenters. The molecular formula is C16H18ClNO. The van der Waals surface area contributed by atoms with Gasteiger partial charge in [0.05, 0.1) is 6.10 Å². The van der Waals surface area contributed by atoms with Gasteiger partial charge in [-0.2, -0.15) is 0 Å². The number of hydrogen-bond donors (Lipinski definition) is 1. The normalized spacial score (nSPS) is 20.2. The molecule has 2 nitrogen and oxygen atoms in total. The van der Waals surface area contributed by atoms with Crippen LogP contribution in [-0.2, 0) is 0 Å². The second-order valence-corrected chi connectivity index (χ2v) is 5.42. The van der Waals surface area contributed by atoms with Crippen molar-refractivity contribution in [3.63, 3.8) is 0 Å². The van der Waals surface area contributed by atoms with E-state index >= 15 is 0 Å². The van der Waals surface area contributed by atoms with Crippen molar-refractivity contribution in [2.24, 2.45) is 0 Å². The smallest absolute Gasteiger partial charge is 0.127 e. The average Bonchev–Trinajstić information content (AvgIpc) is 2.71. The van der Waals surface area contributed by atoms with Gasteiger partial charge in [-0.15, -0.1) is 0 Å². The van der Waals surface area contributed by atoms with Crippen LogP contribution in [0.2, 0.25) is 5.02 Å². The molecule has 1 aliphatic rings. The van der Waals surface area contributed by atoms with Gasteiger partial charge >= 0.3 is 0 Å². The lowest BCUT2D eigenvalue weighted by Gasteiger charge is -2.18. The summed E-state index contributed by atoms with van der Waals surface area (Å²) in [7, 11) is 0. The lowest BCUT2D eigenvalue weighted by atomic mass is 10.1. The van der Waals surface area contributed by atoms with Crippen LogP contribution in [0.4, 0.5) is 0 Å².